The third kappa shape index (κ3) is 2.45. The maximum absolute atomic E-state index is 7.45. The van der Waals surface area contributed by atoms with Crippen LogP contribution in [0.15, 0.2) is 36.7 Å². The molecule has 0 radical (unpaired) electrons. The predicted octanol–water partition coefficient (Wildman–Crippen LogP) is 1.84. The number of anilines is 2. The minimum atomic E-state index is 0.0594. The van der Waals surface area contributed by atoms with Gasteiger partial charge in [-0.3, -0.25) is 5.41 Å². The van der Waals surface area contributed by atoms with Crippen molar-refractivity contribution in [2.24, 2.45) is 5.73 Å². The van der Waals surface area contributed by atoms with E-state index in [1.165, 1.54) is 6.33 Å². The van der Waals surface area contributed by atoms with Crippen molar-refractivity contribution < 1.29 is 0 Å². The number of nitrogen functional groups attached to an aromatic ring is 1. The van der Waals surface area contributed by atoms with Gasteiger partial charge in [0.15, 0.2) is 0 Å². The lowest BCUT2D eigenvalue weighted by molar-refractivity contribution is 1.05. The number of aromatic nitrogens is 2. The van der Waals surface area contributed by atoms with Gasteiger partial charge in [-0.2, -0.15) is 0 Å². The lowest BCUT2D eigenvalue weighted by Crippen LogP contribution is -2.14. The number of aryl methyl sites for hydroxylation is 1. The average Bonchev–Trinajstić information content (AvgIpc) is 2.38. The zero-order valence-corrected chi connectivity index (χ0v) is 10.4. The first-order valence-electron chi connectivity index (χ1n) is 5.55. The van der Waals surface area contributed by atoms with Crippen LogP contribution in [0.1, 0.15) is 11.3 Å². The van der Waals surface area contributed by atoms with Gasteiger partial charge in [0.1, 0.15) is 18.0 Å². The number of nitrogens with zero attached hydrogens (tertiary/aromatic N) is 3. The van der Waals surface area contributed by atoms with Crippen molar-refractivity contribution in [3.63, 3.8) is 0 Å². The minimum Gasteiger partial charge on any atom is -0.384 e. The maximum Gasteiger partial charge on any atom is 0.136 e. The smallest absolute Gasteiger partial charge is 0.136 e. The number of amidine groups is 1. The molecule has 0 atom stereocenters. The number of nitrogens with two attached hydrogens (primary N) is 1. The summed E-state index contributed by atoms with van der Waals surface area (Å²) in [6.07, 6.45) is 1.54. The highest BCUT2D eigenvalue weighted by Crippen LogP contribution is 2.22. The van der Waals surface area contributed by atoms with E-state index in [2.05, 4.69) is 9.97 Å². The fourth-order valence-corrected chi connectivity index (χ4v) is 1.64. The van der Waals surface area contributed by atoms with Crippen LogP contribution >= 0.6 is 0 Å². The summed E-state index contributed by atoms with van der Waals surface area (Å²) in [4.78, 5) is 10.2. The lowest BCUT2D eigenvalue weighted by Gasteiger charge is -2.19. The largest absolute Gasteiger partial charge is 0.384 e. The van der Waals surface area contributed by atoms with E-state index in [1.54, 1.807) is 0 Å². The maximum atomic E-state index is 7.45. The summed E-state index contributed by atoms with van der Waals surface area (Å²) in [6, 6.07) is 9.39. The second-order valence-electron chi connectivity index (χ2n) is 4.04. The number of nitrogens with one attached hydrogen (secondary N) is 1. The quantitative estimate of drug-likeness (QED) is 0.634. The lowest BCUT2D eigenvalue weighted by atomic mass is 10.2. The zero-order valence-electron chi connectivity index (χ0n) is 10.4. The SMILES string of the molecule is Cc1cc(N(C)c2cccc(C(=N)N)c2)ncn1. The van der Waals surface area contributed by atoms with Crippen LogP contribution in [0.4, 0.5) is 11.5 Å². The van der Waals surface area contributed by atoms with Gasteiger partial charge in [0.25, 0.3) is 0 Å². The van der Waals surface area contributed by atoms with Crippen molar-refractivity contribution in [2.45, 2.75) is 6.92 Å². The summed E-state index contributed by atoms with van der Waals surface area (Å²) in [6.45, 7) is 1.92. The van der Waals surface area contributed by atoms with Gasteiger partial charge in [-0.05, 0) is 19.1 Å². The average molecular weight is 241 g/mol. The number of benzene rings is 1. The molecule has 0 unspecified atom stereocenters. The highest BCUT2D eigenvalue weighted by molar-refractivity contribution is 5.96. The van der Waals surface area contributed by atoms with E-state index in [-0.39, 0.29) is 5.84 Å². The first-order chi connectivity index (χ1) is 8.58. The second-order valence-corrected chi connectivity index (χ2v) is 4.04. The van der Waals surface area contributed by atoms with Crippen molar-refractivity contribution in [2.75, 3.05) is 11.9 Å². The Hall–Kier alpha value is -2.43. The molecule has 3 N–H and O–H groups in total. The topological polar surface area (TPSA) is 78.9 Å². The highest BCUT2D eigenvalue weighted by atomic mass is 15.2. The molecule has 0 amide bonds. The van der Waals surface area contributed by atoms with E-state index in [0.717, 1.165) is 17.2 Å². The molecule has 5 heteroatoms. The van der Waals surface area contributed by atoms with Gasteiger partial charge in [-0.15, -0.1) is 0 Å². The van der Waals surface area contributed by atoms with Crippen molar-refractivity contribution in [1.29, 1.82) is 5.41 Å². The Morgan fingerprint density at radius 2 is 2.06 bits per heavy atom. The van der Waals surface area contributed by atoms with Gasteiger partial charge < -0.3 is 10.6 Å². The van der Waals surface area contributed by atoms with Gasteiger partial charge in [0.05, 0.1) is 0 Å². The zero-order chi connectivity index (χ0) is 13.1. The van der Waals surface area contributed by atoms with Crippen molar-refractivity contribution in [3.8, 4) is 0 Å². The number of hydrogen-bond acceptors (Lipinski definition) is 4. The Morgan fingerprint density at radius 1 is 1.28 bits per heavy atom. The Labute approximate surface area is 106 Å². The molecule has 5 nitrogen and oxygen atoms in total. The van der Waals surface area contributed by atoms with Gasteiger partial charge in [0, 0.05) is 30.1 Å². The molecule has 0 spiro atoms. The molecule has 0 fully saturated rings. The molecule has 0 saturated carbocycles. The minimum absolute atomic E-state index is 0.0594. The summed E-state index contributed by atoms with van der Waals surface area (Å²) >= 11 is 0. The van der Waals surface area contributed by atoms with Crippen LogP contribution in [-0.2, 0) is 0 Å². The summed E-state index contributed by atoms with van der Waals surface area (Å²) in [5.74, 6) is 0.868. The summed E-state index contributed by atoms with van der Waals surface area (Å²) in [5.41, 5.74) is 8.03. The van der Waals surface area contributed by atoms with Gasteiger partial charge >= 0.3 is 0 Å². The van der Waals surface area contributed by atoms with E-state index >= 15 is 0 Å². The van der Waals surface area contributed by atoms with Crippen molar-refractivity contribution >= 4 is 17.3 Å². The van der Waals surface area contributed by atoms with E-state index in [0.29, 0.717) is 5.56 Å². The molecule has 0 bridgehead atoms. The summed E-state index contributed by atoms with van der Waals surface area (Å²) < 4.78 is 0. The summed E-state index contributed by atoms with van der Waals surface area (Å²) in [7, 11) is 1.92. The Balaban J connectivity index is 2.36. The van der Waals surface area contributed by atoms with Crippen molar-refractivity contribution in [1.82, 2.24) is 9.97 Å². The Bertz CT molecular complexity index is 579. The van der Waals surface area contributed by atoms with Crippen LogP contribution < -0.4 is 10.6 Å². The van der Waals surface area contributed by atoms with Gasteiger partial charge in [-0.25, -0.2) is 9.97 Å². The highest BCUT2D eigenvalue weighted by Gasteiger charge is 2.07. The van der Waals surface area contributed by atoms with Crippen molar-refractivity contribution in [3.05, 3.63) is 47.9 Å². The van der Waals surface area contributed by atoms with Crippen LogP contribution in [0.3, 0.4) is 0 Å². The Kier molecular flexibility index (Phi) is 3.23. The molecule has 1 heterocycles. The fourth-order valence-electron chi connectivity index (χ4n) is 1.64. The molecule has 0 aliphatic heterocycles. The Morgan fingerprint density at radius 3 is 2.72 bits per heavy atom. The molecule has 0 aliphatic carbocycles. The van der Waals surface area contributed by atoms with E-state index in [9.17, 15) is 0 Å². The molecule has 1 aromatic heterocycles. The van der Waals surface area contributed by atoms with E-state index in [1.807, 2.05) is 49.2 Å². The molecule has 2 aromatic rings. The molecule has 18 heavy (non-hydrogen) atoms. The van der Waals surface area contributed by atoms with Crippen LogP contribution in [0, 0.1) is 12.3 Å². The molecule has 2 rings (SSSR count). The molecule has 92 valence electrons. The fraction of sp³-hybridized carbons (Fsp3) is 0.154. The predicted molar refractivity (Wildman–Crippen MR) is 72.3 cm³/mol. The second kappa shape index (κ2) is 4.83. The molecular weight excluding hydrogens is 226 g/mol. The normalized spacial score (nSPS) is 10.1. The van der Waals surface area contributed by atoms with Crippen LogP contribution in [0.5, 0.6) is 0 Å². The standard InChI is InChI=1S/C13H15N5/c1-9-6-12(17-8-16-9)18(2)11-5-3-4-10(7-11)13(14)15/h3-8H,1-2H3,(H3,14,15). The third-order valence-electron chi connectivity index (χ3n) is 2.68. The van der Waals surface area contributed by atoms with E-state index < -0.39 is 0 Å². The number of rotatable bonds is 3. The molecule has 1 aromatic carbocycles. The van der Waals surface area contributed by atoms with Gasteiger partial charge in [0.2, 0.25) is 0 Å². The van der Waals surface area contributed by atoms with Crippen LogP contribution in [0.2, 0.25) is 0 Å². The van der Waals surface area contributed by atoms with Crippen LogP contribution in [-0.4, -0.2) is 22.9 Å². The first kappa shape index (κ1) is 12.0. The monoisotopic (exact) mass is 241 g/mol. The van der Waals surface area contributed by atoms with Gasteiger partial charge in [-0.1, -0.05) is 12.1 Å². The molecule has 0 aliphatic rings. The molecular formula is C13H15N5. The number of hydrogen-bond donors (Lipinski definition) is 2. The third-order valence-corrected chi connectivity index (χ3v) is 2.68. The van der Waals surface area contributed by atoms with Crippen LogP contribution in [0.25, 0.3) is 0 Å². The first-order valence-corrected chi connectivity index (χ1v) is 5.55. The summed E-state index contributed by atoms with van der Waals surface area (Å²) in [5, 5.41) is 7.45. The molecule has 0 saturated heterocycles. The van der Waals surface area contributed by atoms with E-state index in [4.69, 9.17) is 11.1 Å².